The maximum atomic E-state index is 14.1. The minimum Gasteiger partial charge on any atom is -0.484 e. The van der Waals surface area contributed by atoms with Crippen LogP contribution in [-0.2, 0) is 16.0 Å². The van der Waals surface area contributed by atoms with Crippen LogP contribution in [0.2, 0.25) is 0 Å². The molecule has 7 heteroatoms. The van der Waals surface area contributed by atoms with E-state index in [0.29, 0.717) is 6.42 Å². The number of carbonyl (C=O) groups is 2. The minimum atomic E-state index is -0.618. The van der Waals surface area contributed by atoms with Crippen LogP contribution in [0.5, 0.6) is 5.75 Å². The second-order valence-electron chi connectivity index (χ2n) is 5.62. The van der Waals surface area contributed by atoms with Gasteiger partial charge in [-0.05, 0) is 36.2 Å². The zero-order valence-electron chi connectivity index (χ0n) is 14.2. The van der Waals surface area contributed by atoms with Gasteiger partial charge in [-0.3, -0.25) is 14.6 Å². The number of nitrogens with one attached hydrogen (secondary N) is 1. The van der Waals surface area contributed by atoms with E-state index in [2.05, 4.69) is 10.3 Å². The predicted molar refractivity (Wildman–Crippen MR) is 91.8 cm³/mol. The number of benzene rings is 1. The molecule has 1 heterocycles. The van der Waals surface area contributed by atoms with Gasteiger partial charge in [-0.2, -0.15) is 0 Å². The summed E-state index contributed by atoms with van der Waals surface area (Å²) >= 11 is 0. The van der Waals surface area contributed by atoms with Gasteiger partial charge >= 0.3 is 0 Å². The summed E-state index contributed by atoms with van der Waals surface area (Å²) in [5.41, 5.74) is 1.06. The van der Waals surface area contributed by atoms with Gasteiger partial charge < -0.3 is 15.0 Å². The lowest BCUT2D eigenvalue weighted by molar-refractivity contribution is -0.130. The maximum absolute atomic E-state index is 14.1. The van der Waals surface area contributed by atoms with Gasteiger partial charge in [0.2, 0.25) is 5.91 Å². The fourth-order valence-electron chi connectivity index (χ4n) is 1.98. The van der Waals surface area contributed by atoms with Gasteiger partial charge in [0.15, 0.2) is 6.61 Å². The highest BCUT2D eigenvalue weighted by molar-refractivity contribution is 5.91. The van der Waals surface area contributed by atoms with Crippen molar-refractivity contribution >= 4 is 17.5 Å². The average Bonchev–Trinajstić information content (AvgIpc) is 2.60. The van der Waals surface area contributed by atoms with Gasteiger partial charge in [0, 0.05) is 39.0 Å². The Morgan fingerprint density at radius 2 is 1.92 bits per heavy atom. The first-order chi connectivity index (χ1) is 12.0. The van der Waals surface area contributed by atoms with E-state index in [-0.39, 0.29) is 36.3 Å². The first-order valence-electron chi connectivity index (χ1n) is 7.77. The summed E-state index contributed by atoms with van der Waals surface area (Å²) in [6.45, 7) is -0.177. The Balaban J connectivity index is 1.87. The van der Waals surface area contributed by atoms with E-state index in [1.165, 1.54) is 17.0 Å². The Hall–Kier alpha value is -2.96. The third-order valence-corrected chi connectivity index (χ3v) is 3.47. The molecule has 0 spiro atoms. The van der Waals surface area contributed by atoms with E-state index >= 15 is 0 Å². The molecule has 6 nitrogen and oxygen atoms in total. The number of pyridine rings is 1. The average molecular weight is 345 g/mol. The first kappa shape index (κ1) is 18.4. The molecular formula is C18H20FN3O3. The summed E-state index contributed by atoms with van der Waals surface area (Å²) < 4.78 is 19.3. The molecule has 0 atom stereocenters. The van der Waals surface area contributed by atoms with Gasteiger partial charge in [0.1, 0.15) is 11.6 Å². The molecule has 0 bridgehead atoms. The number of aromatic nitrogens is 1. The van der Waals surface area contributed by atoms with Crippen LogP contribution in [0.15, 0.2) is 42.7 Å². The predicted octanol–water partition coefficient (Wildman–Crippen LogP) is 2.26. The molecule has 25 heavy (non-hydrogen) atoms. The lowest BCUT2D eigenvalue weighted by atomic mass is 10.1. The molecule has 1 aromatic carbocycles. The third-order valence-electron chi connectivity index (χ3n) is 3.47. The van der Waals surface area contributed by atoms with E-state index in [1.807, 2.05) is 12.1 Å². The second kappa shape index (κ2) is 8.77. The topological polar surface area (TPSA) is 71.5 Å². The van der Waals surface area contributed by atoms with Crippen molar-refractivity contribution in [1.82, 2.24) is 9.88 Å². The first-order valence-corrected chi connectivity index (χ1v) is 7.77. The van der Waals surface area contributed by atoms with Crippen LogP contribution in [0.1, 0.15) is 12.0 Å². The van der Waals surface area contributed by atoms with Gasteiger partial charge in [-0.25, -0.2) is 4.39 Å². The molecule has 0 saturated heterocycles. The van der Waals surface area contributed by atoms with Crippen LogP contribution in [0, 0.1) is 5.82 Å². The van der Waals surface area contributed by atoms with Gasteiger partial charge in [-0.15, -0.1) is 0 Å². The standard InChI is InChI=1S/C18H20FN3O3/c1-22(2)18(24)12-25-14-4-5-16(15(19)11-14)21-17(23)6-3-13-7-9-20-10-8-13/h4-5,7-11H,3,6,12H2,1-2H3,(H,21,23). The Bertz CT molecular complexity index is 736. The molecule has 0 saturated carbocycles. The van der Waals surface area contributed by atoms with Crippen LogP contribution in [0.25, 0.3) is 0 Å². The minimum absolute atomic E-state index is 0.0750. The Kier molecular flexibility index (Phi) is 6.45. The van der Waals surface area contributed by atoms with Crippen LogP contribution in [-0.4, -0.2) is 42.4 Å². The molecule has 0 radical (unpaired) electrons. The number of aryl methyl sites for hydroxylation is 1. The smallest absolute Gasteiger partial charge is 0.259 e. The zero-order chi connectivity index (χ0) is 18.2. The fraction of sp³-hybridized carbons (Fsp3) is 0.278. The monoisotopic (exact) mass is 345 g/mol. The molecular weight excluding hydrogens is 325 g/mol. The largest absolute Gasteiger partial charge is 0.484 e. The van der Waals surface area contributed by atoms with Crippen molar-refractivity contribution < 1.29 is 18.7 Å². The van der Waals surface area contributed by atoms with Crippen molar-refractivity contribution in [3.8, 4) is 5.75 Å². The van der Waals surface area contributed by atoms with Crippen molar-refractivity contribution in [3.05, 3.63) is 54.1 Å². The Morgan fingerprint density at radius 1 is 1.20 bits per heavy atom. The molecule has 2 rings (SSSR count). The fourth-order valence-corrected chi connectivity index (χ4v) is 1.98. The number of rotatable bonds is 7. The number of anilines is 1. The van der Waals surface area contributed by atoms with E-state index in [1.54, 1.807) is 26.5 Å². The van der Waals surface area contributed by atoms with Crippen molar-refractivity contribution in [1.29, 1.82) is 0 Å². The molecule has 0 fully saturated rings. The third kappa shape index (κ3) is 5.87. The summed E-state index contributed by atoms with van der Waals surface area (Å²) in [6, 6.07) is 7.71. The normalized spacial score (nSPS) is 10.2. The summed E-state index contributed by atoms with van der Waals surface area (Å²) in [7, 11) is 3.22. The molecule has 0 aliphatic heterocycles. The van der Waals surface area contributed by atoms with Crippen molar-refractivity contribution in [2.45, 2.75) is 12.8 Å². The number of ether oxygens (including phenoxy) is 1. The number of carbonyl (C=O) groups excluding carboxylic acids is 2. The quantitative estimate of drug-likeness (QED) is 0.835. The van der Waals surface area contributed by atoms with Crippen LogP contribution >= 0.6 is 0 Å². The molecule has 0 unspecified atom stereocenters. The van der Waals surface area contributed by atoms with Gasteiger partial charge in [0.05, 0.1) is 5.69 Å². The molecule has 2 amide bonds. The maximum Gasteiger partial charge on any atom is 0.259 e. The van der Waals surface area contributed by atoms with Crippen LogP contribution in [0.3, 0.4) is 0 Å². The molecule has 1 N–H and O–H groups in total. The number of amides is 2. The summed E-state index contributed by atoms with van der Waals surface area (Å²) in [5.74, 6) is -0.907. The molecule has 132 valence electrons. The summed E-state index contributed by atoms with van der Waals surface area (Å²) in [6.07, 6.45) is 4.10. The van der Waals surface area contributed by atoms with E-state index in [9.17, 15) is 14.0 Å². The highest BCUT2D eigenvalue weighted by Gasteiger charge is 2.10. The number of hydrogen-bond donors (Lipinski definition) is 1. The van der Waals surface area contributed by atoms with Crippen LogP contribution in [0.4, 0.5) is 10.1 Å². The Labute approximate surface area is 145 Å². The van der Waals surface area contributed by atoms with Gasteiger partial charge in [-0.1, -0.05) is 0 Å². The number of halogens is 1. The number of likely N-dealkylation sites (N-methyl/N-ethyl adjacent to an activating group) is 1. The molecule has 0 aliphatic carbocycles. The van der Waals surface area contributed by atoms with Crippen molar-refractivity contribution in [2.75, 3.05) is 26.0 Å². The molecule has 1 aromatic heterocycles. The number of hydrogen-bond acceptors (Lipinski definition) is 4. The van der Waals surface area contributed by atoms with Crippen molar-refractivity contribution in [2.24, 2.45) is 0 Å². The van der Waals surface area contributed by atoms with E-state index in [4.69, 9.17) is 4.74 Å². The molecule has 2 aromatic rings. The lowest BCUT2D eigenvalue weighted by Gasteiger charge is -2.12. The van der Waals surface area contributed by atoms with Gasteiger partial charge in [0.25, 0.3) is 5.91 Å². The van der Waals surface area contributed by atoms with Crippen molar-refractivity contribution in [3.63, 3.8) is 0 Å². The summed E-state index contributed by atoms with van der Waals surface area (Å²) in [4.78, 5) is 28.7. The van der Waals surface area contributed by atoms with Crippen LogP contribution < -0.4 is 10.1 Å². The Morgan fingerprint density at radius 3 is 2.56 bits per heavy atom. The highest BCUT2D eigenvalue weighted by Crippen LogP contribution is 2.21. The SMILES string of the molecule is CN(C)C(=O)COc1ccc(NC(=O)CCc2ccncc2)c(F)c1. The number of nitrogens with zero attached hydrogens (tertiary/aromatic N) is 2. The van der Waals surface area contributed by atoms with E-state index < -0.39 is 5.82 Å². The van der Waals surface area contributed by atoms with E-state index in [0.717, 1.165) is 11.6 Å². The summed E-state index contributed by atoms with van der Waals surface area (Å²) in [5, 5.41) is 2.53. The zero-order valence-corrected chi connectivity index (χ0v) is 14.2. The molecule has 0 aliphatic rings. The second-order valence-corrected chi connectivity index (χ2v) is 5.62. The lowest BCUT2D eigenvalue weighted by Crippen LogP contribution is -2.27. The highest BCUT2D eigenvalue weighted by atomic mass is 19.1.